The van der Waals surface area contributed by atoms with Gasteiger partial charge in [-0.1, -0.05) is 24.3 Å². The Kier molecular flexibility index (Phi) is 4.79. The number of benzene rings is 1. The van der Waals surface area contributed by atoms with E-state index in [1.807, 2.05) is 19.1 Å². The fourth-order valence-corrected chi connectivity index (χ4v) is 2.56. The van der Waals surface area contributed by atoms with Gasteiger partial charge in [0.25, 0.3) is 0 Å². The third kappa shape index (κ3) is 3.34. The molecule has 0 radical (unpaired) electrons. The fraction of sp³-hybridized carbons (Fsp3) is 0.333. The van der Waals surface area contributed by atoms with Crippen LogP contribution in [0, 0.1) is 0 Å². The molecular formula is C15H19NOS. The van der Waals surface area contributed by atoms with Gasteiger partial charge < -0.3 is 10.1 Å². The van der Waals surface area contributed by atoms with Crippen molar-refractivity contribution in [1.82, 2.24) is 5.32 Å². The Morgan fingerprint density at radius 3 is 2.78 bits per heavy atom. The second-order valence-electron chi connectivity index (χ2n) is 4.15. The van der Waals surface area contributed by atoms with Crippen LogP contribution in [0.3, 0.4) is 0 Å². The topological polar surface area (TPSA) is 21.3 Å². The molecule has 18 heavy (non-hydrogen) atoms. The Hall–Kier alpha value is -1.32. The Labute approximate surface area is 113 Å². The predicted molar refractivity (Wildman–Crippen MR) is 77.2 cm³/mol. The molecular weight excluding hydrogens is 242 g/mol. The monoisotopic (exact) mass is 261 g/mol. The molecule has 1 atom stereocenters. The first-order valence-corrected chi connectivity index (χ1v) is 7.16. The van der Waals surface area contributed by atoms with Crippen molar-refractivity contribution in [3.8, 4) is 5.75 Å². The molecule has 0 bridgehead atoms. The molecule has 2 rings (SSSR count). The summed E-state index contributed by atoms with van der Waals surface area (Å²) in [5.74, 6) is 0.978. The first-order valence-electron chi connectivity index (χ1n) is 6.28. The summed E-state index contributed by atoms with van der Waals surface area (Å²) >= 11 is 1.78. The van der Waals surface area contributed by atoms with Gasteiger partial charge in [0, 0.05) is 23.0 Å². The standard InChI is InChI=1S/C15H19NOS/c1-3-17-15-9-5-4-8-14(15)12(2)16-11-13-7-6-10-18-13/h4-10,12,16H,3,11H2,1-2H3. The second-order valence-corrected chi connectivity index (χ2v) is 5.19. The zero-order valence-corrected chi connectivity index (χ0v) is 11.7. The molecule has 0 amide bonds. The van der Waals surface area contributed by atoms with Crippen LogP contribution in [0.4, 0.5) is 0 Å². The highest BCUT2D eigenvalue weighted by Crippen LogP contribution is 2.25. The van der Waals surface area contributed by atoms with Crippen molar-refractivity contribution < 1.29 is 4.74 Å². The lowest BCUT2D eigenvalue weighted by molar-refractivity contribution is 0.332. The molecule has 2 aromatic rings. The molecule has 0 aliphatic carbocycles. The summed E-state index contributed by atoms with van der Waals surface area (Å²) in [6.07, 6.45) is 0. The van der Waals surface area contributed by atoms with Crippen molar-refractivity contribution >= 4 is 11.3 Å². The lowest BCUT2D eigenvalue weighted by atomic mass is 10.1. The molecule has 0 aliphatic rings. The number of hydrogen-bond donors (Lipinski definition) is 1. The van der Waals surface area contributed by atoms with E-state index in [4.69, 9.17) is 4.74 Å². The average Bonchev–Trinajstić information content (AvgIpc) is 2.90. The molecule has 96 valence electrons. The molecule has 3 heteroatoms. The highest BCUT2D eigenvalue weighted by Gasteiger charge is 2.10. The SMILES string of the molecule is CCOc1ccccc1C(C)NCc1cccs1. The summed E-state index contributed by atoms with van der Waals surface area (Å²) in [5.41, 5.74) is 1.22. The van der Waals surface area contributed by atoms with Crippen LogP contribution in [0.5, 0.6) is 5.75 Å². The van der Waals surface area contributed by atoms with Crippen molar-refractivity contribution in [2.24, 2.45) is 0 Å². The van der Waals surface area contributed by atoms with Crippen LogP contribution < -0.4 is 10.1 Å². The van der Waals surface area contributed by atoms with Crippen LogP contribution in [0.15, 0.2) is 41.8 Å². The zero-order valence-electron chi connectivity index (χ0n) is 10.8. The largest absolute Gasteiger partial charge is 0.494 e. The van der Waals surface area contributed by atoms with Gasteiger partial charge in [0.15, 0.2) is 0 Å². The number of para-hydroxylation sites is 1. The van der Waals surface area contributed by atoms with E-state index in [9.17, 15) is 0 Å². The second kappa shape index (κ2) is 6.57. The maximum atomic E-state index is 5.66. The van der Waals surface area contributed by atoms with Crippen LogP contribution in [-0.2, 0) is 6.54 Å². The zero-order chi connectivity index (χ0) is 12.8. The van der Waals surface area contributed by atoms with Crippen LogP contribution in [-0.4, -0.2) is 6.61 Å². The van der Waals surface area contributed by atoms with Gasteiger partial charge in [0.2, 0.25) is 0 Å². The Bertz CT molecular complexity index is 467. The van der Waals surface area contributed by atoms with E-state index in [0.717, 1.165) is 12.3 Å². The Balaban J connectivity index is 2.01. The quantitative estimate of drug-likeness (QED) is 0.848. The minimum Gasteiger partial charge on any atom is -0.494 e. The van der Waals surface area contributed by atoms with E-state index in [1.165, 1.54) is 10.4 Å². The fourth-order valence-electron chi connectivity index (χ4n) is 1.90. The van der Waals surface area contributed by atoms with E-state index >= 15 is 0 Å². The van der Waals surface area contributed by atoms with Crippen molar-refractivity contribution in [3.05, 3.63) is 52.2 Å². The van der Waals surface area contributed by atoms with E-state index in [2.05, 4.69) is 41.9 Å². The van der Waals surface area contributed by atoms with Gasteiger partial charge in [-0.05, 0) is 31.4 Å². The predicted octanol–water partition coefficient (Wildman–Crippen LogP) is 4.00. The summed E-state index contributed by atoms with van der Waals surface area (Å²) in [4.78, 5) is 1.36. The molecule has 0 spiro atoms. The van der Waals surface area contributed by atoms with Gasteiger partial charge in [0.1, 0.15) is 5.75 Å². The maximum absolute atomic E-state index is 5.66. The molecule has 1 unspecified atom stereocenters. The molecule has 1 aromatic carbocycles. The van der Waals surface area contributed by atoms with Gasteiger partial charge in [-0.2, -0.15) is 0 Å². The third-order valence-electron chi connectivity index (χ3n) is 2.85. The molecule has 0 saturated carbocycles. The normalized spacial score (nSPS) is 12.3. The minimum atomic E-state index is 0.287. The first-order chi connectivity index (χ1) is 8.81. The maximum Gasteiger partial charge on any atom is 0.124 e. The van der Waals surface area contributed by atoms with E-state index < -0.39 is 0 Å². The minimum absolute atomic E-state index is 0.287. The highest BCUT2D eigenvalue weighted by atomic mass is 32.1. The molecule has 1 N–H and O–H groups in total. The summed E-state index contributed by atoms with van der Waals surface area (Å²) in [7, 11) is 0. The number of thiophene rings is 1. The van der Waals surface area contributed by atoms with E-state index in [-0.39, 0.29) is 6.04 Å². The molecule has 1 heterocycles. The Morgan fingerprint density at radius 1 is 1.22 bits per heavy atom. The summed E-state index contributed by atoms with van der Waals surface area (Å²) in [6.45, 7) is 5.79. The molecule has 0 fully saturated rings. The van der Waals surface area contributed by atoms with Gasteiger partial charge in [-0.3, -0.25) is 0 Å². The lowest BCUT2D eigenvalue weighted by Gasteiger charge is -2.17. The Morgan fingerprint density at radius 2 is 2.06 bits per heavy atom. The van der Waals surface area contributed by atoms with Crippen LogP contribution >= 0.6 is 11.3 Å². The molecule has 1 aromatic heterocycles. The number of nitrogens with one attached hydrogen (secondary N) is 1. The molecule has 2 nitrogen and oxygen atoms in total. The van der Waals surface area contributed by atoms with Gasteiger partial charge >= 0.3 is 0 Å². The first kappa shape index (κ1) is 13.1. The summed E-state index contributed by atoms with van der Waals surface area (Å²) in [5, 5.41) is 5.64. The lowest BCUT2D eigenvalue weighted by Crippen LogP contribution is -2.18. The summed E-state index contributed by atoms with van der Waals surface area (Å²) in [6, 6.07) is 12.7. The average molecular weight is 261 g/mol. The van der Waals surface area contributed by atoms with Crippen LogP contribution in [0.1, 0.15) is 30.3 Å². The van der Waals surface area contributed by atoms with Crippen LogP contribution in [0.25, 0.3) is 0 Å². The number of hydrogen-bond acceptors (Lipinski definition) is 3. The molecule has 0 saturated heterocycles. The number of ether oxygens (including phenoxy) is 1. The highest BCUT2D eigenvalue weighted by molar-refractivity contribution is 7.09. The van der Waals surface area contributed by atoms with Crippen molar-refractivity contribution in [2.75, 3.05) is 6.61 Å². The number of rotatable bonds is 6. The van der Waals surface area contributed by atoms with Crippen LogP contribution in [0.2, 0.25) is 0 Å². The van der Waals surface area contributed by atoms with Crippen molar-refractivity contribution in [1.29, 1.82) is 0 Å². The van der Waals surface area contributed by atoms with Gasteiger partial charge in [-0.15, -0.1) is 11.3 Å². The van der Waals surface area contributed by atoms with E-state index in [1.54, 1.807) is 11.3 Å². The van der Waals surface area contributed by atoms with Gasteiger partial charge in [0.05, 0.1) is 6.61 Å². The summed E-state index contributed by atoms with van der Waals surface area (Å²) < 4.78 is 5.66. The third-order valence-corrected chi connectivity index (χ3v) is 3.72. The smallest absolute Gasteiger partial charge is 0.124 e. The van der Waals surface area contributed by atoms with Crippen molar-refractivity contribution in [2.45, 2.75) is 26.4 Å². The van der Waals surface area contributed by atoms with Gasteiger partial charge in [-0.25, -0.2) is 0 Å². The molecule has 0 aliphatic heterocycles. The van der Waals surface area contributed by atoms with E-state index in [0.29, 0.717) is 6.61 Å². The van der Waals surface area contributed by atoms with Crippen molar-refractivity contribution in [3.63, 3.8) is 0 Å².